The monoisotopic (exact) mass is 584 g/mol. The quantitative estimate of drug-likeness (QED) is 0.190. The summed E-state index contributed by atoms with van der Waals surface area (Å²) in [5.41, 5.74) is 4.15. The number of anilines is 2. The molecule has 43 heavy (non-hydrogen) atoms. The van der Waals surface area contributed by atoms with E-state index in [1.807, 2.05) is 66.5 Å². The molecule has 0 radical (unpaired) electrons. The first-order chi connectivity index (χ1) is 20.8. The molecule has 0 unspecified atom stereocenters. The molecule has 8 heteroatoms. The van der Waals surface area contributed by atoms with E-state index in [4.69, 9.17) is 0 Å². The maximum absolute atomic E-state index is 13.6. The van der Waals surface area contributed by atoms with Gasteiger partial charge in [-0.05, 0) is 72.0 Å². The number of benzene rings is 3. The Balaban J connectivity index is 1.30. The van der Waals surface area contributed by atoms with Gasteiger partial charge >= 0.3 is 6.18 Å². The highest BCUT2D eigenvalue weighted by Crippen LogP contribution is 2.29. The summed E-state index contributed by atoms with van der Waals surface area (Å²) < 4.78 is 38.9. The van der Waals surface area contributed by atoms with Crippen molar-refractivity contribution >= 4 is 23.4 Å². The molecule has 0 atom stereocenters. The van der Waals surface area contributed by atoms with Crippen molar-refractivity contribution in [1.82, 2.24) is 14.8 Å². The van der Waals surface area contributed by atoms with Crippen molar-refractivity contribution in [3.8, 4) is 0 Å². The van der Waals surface area contributed by atoms with Gasteiger partial charge in [0.05, 0.1) is 5.56 Å². The van der Waals surface area contributed by atoms with Crippen molar-refractivity contribution in [3.05, 3.63) is 132 Å². The molecule has 5 rings (SSSR count). The van der Waals surface area contributed by atoms with E-state index in [1.54, 1.807) is 18.5 Å². The highest BCUT2D eigenvalue weighted by atomic mass is 19.4. The van der Waals surface area contributed by atoms with Gasteiger partial charge in [0.25, 0.3) is 0 Å². The predicted octanol–water partition coefficient (Wildman–Crippen LogP) is 7.57. The fourth-order valence-corrected chi connectivity index (χ4v) is 5.40. The standard InChI is InChI=1S/C35H35F3N4O/c1-40(32-17-21-39-22-18-32)31-14-9-29(10-15-31)26-42(33-19-23-41(24-20-33)25-28-5-3-2-4-6-28)34(43)16-11-27-7-12-30(13-8-27)35(36,37)38/h2-18,21-22,33H,19-20,23-26H2,1H3/b16-11+. The van der Waals surface area contributed by atoms with Crippen LogP contribution in [0, 0.1) is 0 Å². The van der Waals surface area contributed by atoms with Crippen molar-refractivity contribution in [3.63, 3.8) is 0 Å². The molecular weight excluding hydrogens is 549 g/mol. The molecule has 1 aliphatic heterocycles. The molecule has 222 valence electrons. The lowest BCUT2D eigenvalue weighted by atomic mass is 10.0. The zero-order valence-electron chi connectivity index (χ0n) is 24.1. The van der Waals surface area contributed by atoms with E-state index in [-0.39, 0.29) is 11.9 Å². The molecule has 5 nitrogen and oxygen atoms in total. The summed E-state index contributed by atoms with van der Waals surface area (Å²) in [7, 11) is 2.00. The summed E-state index contributed by atoms with van der Waals surface area (Å²) >= 11 is 0. The molecule has 0 spiro atoms. The highest BCUT2D eigenvalue weighted by molar-refractivity contribution is 5.92. The summed E-state index contributed by atoms with van der Waals surface area (Å²) in [5.74, 6) is -0.153. The van der Waals surface area contributed by atoms with Crippen molar-refractivity contribution < 1.29 is 18.0 Å². The van der Waals surface area contributed by atoms with Gasteiger partial charge in [0, 0.05) is 69.1 Å². The first-order valence-corrected chi connectivity index (χ1v) is 14.4. The van der Waals surface area contributed by atoms with E-state index >= 15 is 0 Å². The number of carbonyl (C=O) groups is 1. The van der Waals surface area contributed by atoms with Crippen LogP contribution in [-0.2, 0) is 24.1 Å². The number of carbonyl (C=O) groups excluding carboxylic acids is 1. The van der Waals surface area contributed by atoms with E-state index in [1.165, 1.54) is 23.8 Å². The Morgan fingerprint density at radius 1 is 0.860 bits per heavy atom. The van der Waals surface area contributed by atoms with E-state index in [0.717, 1.165) is 61.5 Å². The molecule has 1 fully saturated rings. The Kier molecular flexibility index (Phi) is 9.57. The third-order valence-electron chi connectivity index (χ3n) is 7.91. The number of hydrogen-bond donors (Lipinski definition) is 0. The summed E-state index contributed by atoms with van der Waals surface area (Å²) in [6.45, 7) is 3.07. The number of pyridine rings is 1. The minimum Gasteiger partial charge on any atom is -0.345 e. The molecule has 3 aromatic carbocycles. The lowest BCUT2D eigenvalue weighted by Gasteiger charge is -2.38. The van der Waals surface area contributed by atoms with Gasteiger partial charge in [-0.25, -0.2) is 0 Å². The molecular formula is C35H35F3N4O. The van der Waals surface area contributed by atoms with Gasteiger partial charge in [-0.3, -0.25) is 14.7 Å². The lowest BCUT2D eigenvalue weighted by Crippen LogP contribution is -2.46. The number of halogens is 3. The van der Waals surface area contributed by atoms with Crippen molar-refractivity contribution in [2.24, 2.45) is 0 Å². The molecule has 0 bridgehead atoms. The zero-order chi connectivity index (χ0) is 30.2. The summed E-state index contributed by atoms with van der Waals surface area (Å²) in [6, 6.07) is 27.3. The van der Waals surface area contributed by atoms with E-state index in [0.29, 0.717) is 12.1 Å². The largest absolute Gasteiger partial charge is 0.416 e. The maximum atomic E-state index is 13.6. The third kappa shape index (κ3) is 8.11. The molecule has 0 N–H and O–H groups in total. The van der Waals surface area contributed by atoms with Crippen LogP contribution in [0.5, 0.6) is 0 Å². The Bertz CT molecular complexity index is 1480. The van der Waals surface area contributed by atoms with Crippen LogP contribution >= 0.6 is 0 Å². The lowest BCUT2D eigenvalue weighted by molar-refractivity contribution is -0.137. The number of alkyl halides is 3. The first kappa shape index (κ1) is 30.0. The van der Waals surface area contributed by atoms with Gasteiger partial charge in [-0.2, -0.15) is 13.2 Å². The van der Waals surface area contributed by atoms with Crippen LogP contribution in [0.1, 0.15) is 35.1 Å². The molecule has 0 aliphatic carbocycles. The van der Waals surface area contributed by atoms with Gasteiger partial charge in [0.1, 0.15) is 0 Å². The molecule has 1 amide bonds. The molecule has 1 aliphatic rings. The second kappa shape index (κ2) is 13.7. The average Bonchev–Trinajstić information content (AvgIpc) is 3.03. The van der Waals surface area contributed by atoms with Crippen molar-refractivity contribution in [2.45, 2.75) is 38.1 Å². The van der Waals surface area contributed by atoms with Crippen molar-refractivity contribution in [1.29, 1.82) is 0 Å². The number of nitrogens with zero attached hydrogens (tertiary/aromatic N) is 4. The number of amides is 1. The zero-order valence-corrected chi connectivity index (χ0v) is 24.1. The Morgan fingerprint density at radius 3 is 2.12 bits per heavy atom. The highest BCUT2D eigenvalue weighted by Gasteiger charge is 2.30. The third-order valence-corrected chi connectivity index (χ3v) is 7.91. The molecule has 4 aromatic rings. The Hall–Kier alpha value is -4.43. The van der Waals surface area contributed by atoms with Crippen LogP contribution in [0.4, 0.5) is 24.5 Å². The SMILES string of the molecule is CN(c1ccncc1)c1ccc(CN(C(=O)/C=C/c2ccc(C(F)(F)F)cc2)C2CCN(Cc3ccccc3)CC2)cc1. The van der Waals surface area contributed by atoms with Crippen LogP contribution in [0.2, 0.25) is 0 Å². The smallest absolute Gasteiger partial charge is 0.345 e. The van der Waals surface area contributed by atoms with Gasteiger partial charge in [-0.15, -0.1) is 0 Å². The topological polar surface area (TPSA) is 39.7 Å². The van der Waals surface area contributed by atoms with Gasteiger partial charge in [-0.1, -0.05) is 54.6 Å². The number of hydrogen-bond acceptors (Lipinski definition) is 4. The first-order valence-electron chi connectivity index (χ1n) is 14.4. The van der Waals surface area contributed by atoms with E-state index in [2.05, 4.69) is 26.9 Å². The fraction of sp³-hybridized carbons (Fsp3) is 0.257. The fourth-order valence-electron chi connectivity index (χ4n) is 5.40. The molecule has 1 aromatic heterocycles. The van der Waals surface area contributed by atoms with Gasteiger partial charge in [0.2, 0.25) is 5.91 Å². The number of aromatic nitrogens is 1. The second-order valence-corrected chi connectivity index (χ2v) is 10.8. The van der Waals surface area contributed by atoms with Gasteiger partial charge < -0.3 is 9.80 Å². The second-order valence-electron chi connectivity index (χ2n) is 10.8. The Morgan fingerprint density at radius 2 is 1.49 bits per heavy atom. The van der Waals surface area contributed by atoms with Crippen LogP contribution in [0.15, 0.2) is 109 Å². The predicted molar refractivity (Wildman–Crippen MR) is 165 cm³/mol. The number of rotatable bonds is 9. The normalized spacial score (nSPS) is 14.6. The van der Waals surface area contributed by atoms with Crippen LogP contribution in [0.3, 0.4) is 0 Å². The van der Waals surface area contributed by atoms with Crippen molar-refractivity contribution in [2.75, 3.05) is 25.0 Å². The minimum atomic E-state index is -4.40. The van der Waals surface area contributed by atoms with E-state index in [9.17, 15) is 18.0 Å². The number of likely N-dealkylation sites (tertiary alicyclic amines) is 1. The summed E-state index contributed by atoms with van der Waals surface area (Å²) in [4.78, 5) is 24.1. The maximum Gasteiger partial charge on any atom is 0.416 e. The Labute approximate surface area is 250 Å². The molecule has 0 saturated carbocycles. The van der Waals surface area contributed by atoms with Gasteiger partial charge in [0.15, 0.2) is 0 Å². The molecule has 1 saturated heterocycles. The van der Waals surface area contributed by atoms with E-state index < -0.39 is 11.7 Å². The minimum absolute atomic E-state index is 0.0518. The summed E-state index contributed by atoms with van der Waals surface area (Å²) in [6.07, 6.45) is 3.87. The van der Waals surface area contributed by atoms with Crippen LogP contribution in [0.25, 0.3) is 6.08 Å². The van der Waals surface area contributed by atoms with Crippen LogP contribution < -0.4 is 4.90 Å². The molecule has 2 heterocycles. The summed E-state index contributed by atoms with van der Waals surface area (Å²) in [5, 5.41) is 0. The van der Waals surface area contributed by atoms with Crippen LogP contribution in [-0.4, -0.2) is 46.9 Å². The average molecular weight is 585 g/mol. The number of piperidine rings is 1.